The van der Waals surface area contributed by atoms with Gasteiger partial charge in [0.25, 0.3) is 0 Å². The molecule has 4 heterocycles. The van der Waals surface area contributed by atoms with Crippen LogP contribution >= 0.6 is 11.3 Å². The van der Waals surface area contributed by atoms with E-state index in [4.69, 9.17) is 10.2 Å². The SMILES string of the molecule is Cc1cc(CN2CCC(c3csc(Nc4cc(C#N)ccn4)n3)CC2)c(C)n1C. The first-order chi connectivity index (χ1) is 14.0. The van der Waals surface area contributed by atoms with Crippen molar-refractivity contribution in [2.45, 2.75) is 39.2 Å². The number of aromatic nitrogens is 3. The van der Waals surface area contributed by atoms with E-state index in [2.05, 4.69) is 58.2 Å². The van der Waals surface area contributed by atoms with Crippen molar-refractivity contribution < 1.29 is 0 Å². The molecule has 0 saturated carbocycles. The summed E-state index contributed by atoms with van der Waals surface area (Å²) in [5, 5.41) is 15.2. The van der Waals surface area contributed by atoms with E-state index in [0.717, 1.165) is 37.6 Å². The zero-order valence-electron chi connectivity index (χ0n) is 17.1. The zero-order valence-corrected chi connectivity index (χ0v) is 18.0. The third kappa shape index (κ3) is 4.34. The van der Waals surface area contributed by atoms with Crippen LogP contribution in [0, 0.1) is 25.2 Å². The molecule has 1 aliphatic heterocycles. The van der Waals surface area contributed by atoms with Gasteiger partial charge in [0.05, 0.1) is 17.3 Å². The Labute approximate surface area is 175 Å². The molecule has 1 saturated heterocycles. The maximum Gasteiger partial charge on any atom is 0.188 e. The minimum Gasteiger partial charge on any atom is -0.352 e. The van der Waals surface area contributed by atoms with Gasteiger partial charge in [0, 0.05) is 42.5 Å². The van der Waals surface area contributed by atoms with E-state index in [9.17, 15) is 0 Å². The lowest BCUT2D eigenvalue weighted by Gasteiger charge is -2.31. The van der Waals surface area contributed by atoms with Gasteiger partial charge >= 0.3 is 0 Å². The number of thiazole rings is 1. The van der Waals surface area contributed by atoms with Crippen LogP contribution in [-0.4, -0.2) is 32.5 Å². The molecule has 0 atom stereocenters. The predicted octanol–water partition coefficient (Wildman–Crippen LogP) is 4.49. The highest BCUT2D eigenvalue weighted by Crippen LogP contribution is 2.32. The molecule has 29 heavy (non-hydrogen) atoms. The molecule has 0 amide bonds. The Balaban J connectivity index is 1.34. The molecule has 0 radical (unpaired) electrons. The molecule has 150 valence electrons. The minimum absolute atomic E-state index is 0.509. The molecule has 0 bridgehead atoms. The summed E-state index contributed by atoms with van der Waals surface area (Å²) in [6.07, 6.45) is 3.91. The second-order valence-electron chi connectivity index (χ2n) is 7.75. The highest BCUT2D eigenvalue weighted by molar-refractivity contribution is 7.13. The number of nitrogens with one attached hydrogen (secondary N) is 1. The largest absolute Gasteiger partial charge is 0.352 e. The number of anilines is 2. The van der Waals surface area contributed by atoms with Crippen molar-refractivity contribution in [2.24, 2.45) is 7.05 Å². The number of piperidine rings is 1. The van der Waals surface area contributed by atoms with Gasteiger partial charge in [-0.25, -0.2) is 9.97 Å². The maximum absolute atomic E-state index is 9.02. The fraction of sp³-hybridized carbons (Fsp3) is 0.409. The average Bonchev–Trinajstić information content (AvgIpc) is 3.29. The van der Waals surface area contributed by atoms with Crippen LogP contribution in [-0.2, 0) is 13.6 Å². The normalized spacial score (nSPS) is 15.4. The van der Waals surface area contributed by atoms with E-state index >= 15 is 0 Å². The van der Waals surface area contributed by atoms with Gasteiger partial charge < -0.3 is 9.88 Å². The number of hydrogen-bond donors (Lipinski definition) is 1. The second-order valence-corrected chi connectivity index (χ2v) is 8.61. The first-order valence-corrected chi connectivity index (χ1v) is 10.8. The first-order valence-electron chi connectivity index (χ1n) is 9.96. The van der Waals surface area contributed by atoms with Gasteiger partial charge in [0.2, 0.25) is 0 Å². The topological polar surface area (TPSA) is 69.8 Å². The number of likely N-dealkylation sites (tertiary alicyclic amines) is 1. The van der Waals surface area contributed by atoms with E-state index in [1.54, 1.807) is 29.7 Å². The number of aryl methyl sites for hydroxylation is 1. The highest BCUT2D eigenvalue weighted by Gasteiger charge is 2.23. The Kier molecular flexibility index (Phi) is 5.65. The zero-order chi connectivity index (χ0) is 20.4. The quantitative estimate of drug-likeness (QED) is 0.676. The lowest BCUT2D eigenvalue weighted by molar-refractivity contribution is 0.203. The third-order valence-electron chi connectivity index (χ3n) is 5.93. The fourth-order valence-electron chi connectivity index (χ4n) is 3.93. The molecule has 3 aromatic heterocycles. The molecule has 7 heteroatoms. The second kappa shape index (κ2) is 8.36. The molecule has 0 unspecified atom stereocenters. The summed E-state index contributed by atoms with van der Waals surface area (Å²) in [4.78, 5) is 11.6. The summed E-state index contributed by atoms with van der Waals surface area (Å²) in [7, 11) is 2.14. The van der Waals surface area contributed by atoms with E-state index in [-0.39, 0.29) is 0 Å². The molecule has 1 fully saturated rings. The van der Waals surface area contributed by atoms with Gasteiger partial charge in [-0.1, -0.05) is 0 Å². The van der Waals surface area contributed by atoms with Crippen LogP contribution in [0.3, 0.4) is 0 Å². The van der Waals surface area contributed by atoms with Crippen molar-refractivity contribution in [3.05, 3.63) is 58.0 Å². The number of pyridine rings is 1. The Bertz CT molecular complexity index is 1040. The highest BCUT2D eigenvalue weighted by atomic mass is 32.1. The van der Waals surface area contributed by atoms with Crippen LogP contribution in [0.2, 0.25) is 0 Å². The molecular weight excluding hydrogens is 380 g/mol. The van der Waals surface area contributed by atoms with Crippen LogP contribution in [0.15, 0.2) is 29.8 Å². The summed E-state index contributed by atoms with van der Waals surface area (Å²) < 4.78 is 2.27. The lowest BCUT2D eigenvalue weighted by Crippen LogP contribution is -2.32. The fourth-order valence-corrected chi connectivity index (χ4v) is 4.73. The molecule has 1 aliphatic rings. The predicted molar refractivity (Wildman–Crippen MR) is 116 cm³/mol. The van der Waals surface area contributed by atoms with Gasteiger partial charge in [-0.2, -0.15) is 5.26 Å². The number of nitriles is 1. The van der Waals surface area contributed by atoms with Crippen LogP contribution < -0.4 is 5.32 Å². The van der Waals surface area contributed by atoms with Gasteiger partial charge in [0.1, 0.15) is 5.82 Å². The van der Waals surface area contributed by atoms with Gasteiger partial charge in [0.15, 0.2) is 5.13 Å². The molecule has 3 aromatic rings. The van der Waals surface area contributed by atoms with Crippen molar-refractivity contribution in [1.29, 1.82) is 5.26 Å². The van der Waals surface area contributed by atoms with E-state index in [1.165, 1.54) is 22.6 Å². The van der Waals surface area contributed by atoms with E-state index in [0.29, 0.717) is 17.3 Å². The van der Waals surface area contributed by atoms with Crippen LogP contribution in [0.25, 0.3) is 0 Å². The molecule has 0 aromatic carbocycles. The smallest absolute Gasteiger partial charge is 0.188 e. The molecule has 0 spiro atoms. The van der Waals surface area contributed by atoms with E-state index < -0.39 is 0 Å². The Morgan fingerprint density at radius 3 is 2.76 bits per heavy atom. The summed E-state index contributed by atoms with van der Waals surface area (Å²) in [5.41, 5.74) is 5.89. The Morgan fingerprint density at radius 2 is 2.07 bits per heavy atom. The number of rotatable bonds is 5. The molecule has 1 N–H and O–H groups in total. The standard InChI is InChI=1S/C22H26N6S/c1-15-10-19(16(2)27(15)3)13-28-8-5-18(6-9-28)20-14-29-22(25-20)26-21-11-17(12-23)4-7-24-21/h4,7,10-11,14,18H,5-6,8-9,13H2,1-3H3,(H,24,25,26). The van der Waals surface area contributed by atoms with Gasteiger partial charge in [-0.15, -0.1) is 11.3 Å². The maximum atomic E-state index is 9.02. The van der Waals surface area contributed by atoms with Crippen LogP contribution in [0.5, 0.6) is 0 Å². The average molecular weight is 407 g/mol. The van der Waals surface area contributed by atoms with Crippen molar-refractivity contribution >= 4 is 22.3 Å². The van der Waals surface area contributed by atoms with E-state index in [1.807, 2.05) is 0 Å². The summed E-state index contributed by atoms with van der Waals surface area (Å²) >= 11 is 1.60. The van der Waals surface area contributed by atoms with Gasteiger partial charge in [-0.3, -0.25) is 4.90 Å². The summed E-state index contributed by atoms with van der Waals surface area (Å²) in [5.74, 6) is 1.17. The Morgan fingerprint density at radius 1 is 1.28 bits per heavy atom. The molecule has 6 nitrogen and oxygen atoms in total. The minimum atomic E-state index is 0.509. The van der Waals surface area contributed by atoms with Gasteiger partial charge in [-0.05, 0) is 63.5 Å². The van der Waals surface area contributed by atoms with Crippen molar-refractivity contribution in [3.63, 3.8) is 0 Å². The van der Waals surface area contributed by atoms with Crippen LogP contribution in [0.4, 0.5) is 10.9 Å². The number of nitrogens with zero attached hydrogens (tertiary/aromatic N) is 5. The monoisotopic (exact) mass is 406 g/mol. The van der Waals surface area contributed by atoms with Crippen molar-refractivity contribution in [1.82, 2.24) is 19.4 Å². The van der Waals surface area contributed by atoms with Crippen LogP contribution in [0.1, 0.15) is 47.0 Å². The Hall–Kier alpha value is -2.69. The van der Waals surface area contributed by atoms with Crippen molar-refractivity contribution in [2.75, 3.05) is 18.4 Å². The summed E-state index contributed by atoms with van der Waals surface area (Å²) in [6.45, 7) is 7.61. The third-order valence-corrected chi connectivity index (χ3v) is 6.70. The van der Waals surface area contributed by atoms with Crippen molar-refractivity contribution in [3.8, 4) is 6.07 Å². The first kappa shape index (κ1) is 19.6. The number of hydrogen-bond acceptors (Lipinski definition) is 6. The molecule has 0 aliphatic carbocycles. The molecular formula is C22H26N6S. The molecule has 4 rings (SSSR count). The summed E-state index contributed by atoms with van der Waals surface area (Å²) in [6, 6.07) is 7.89. The lowest BCUT2D eigenvalue weighted by atomic mass is 9.94.